The van der Waals surface area contributed by atoms with Gasteiger partial charge < -0.3 is 20.7 Å². The SMILES string of the molecule is C=P(C)(C)CC[C@H]1O[C@@H](n2ncc(N)nc2=O)[C@H](O)[C@@H]1O. The van der Waals surface area contributed by atoms with E-state index in [1.807, 2.05) is 0 Å². The Morgan fingerprint density at radius 2 is 2.14 bits per heavy atom. The van der Waals surface area contributed by atoms with Crippen molar-refractivity contribution in [2.75, 3.05) is 25.2 Å². The molecule has 8 nitrogen and oxygen atoms in total. The molecule has 0 aromatic carbocycles. The molecule has 9 heteroatoms. The fraction of sp³-hybridized carbons (Fsp3) is 0.667. The molecule has 0 aliphatic carbocycles. The van der Waals surface area contributed by atoms with E-state index in [9.17, 15) is 15.0 Å². The van der Waals surface area contributed by atoms with Gasteiger partial charge in [-0.3, -0.25) is 0 Å². The molecule has 21 heavy (non-hydrogen) atoms. The normalized spacial score (nSPS) is 29.7. The van der Waals surface area contributed by atoms with Gasteiger partial charge in [0.05, 0.1) is 12.3 Å². The van der Waals surface area contributed by atoms with Crippen LogP contribution in [0, 0.1) is 0 Å². The van der Waals surface area contributed by atoms with Crippen molar-refractivity contribution in [3.63, 3.8) is 0 Å². The second-order valence-corrected chi connectivity index (χ2v) is 10.2. The summed E-state index contributed by atoms with van der Waals surface area (Å²) < 4.78 is 6.50. The minimum Gasteiger partial charge on any atom is -0.388 e. The largest absolute Gasteiger partial charge is 0.388 e. The second-order valence-electron chi connectivity index (χ2n) is 5.90. The average molecular weight is 316 g/mol. The smallest absolute Gasteiger partial charge is 0.368 e. The highest BCUT2D eigenvalue weighted by molar-refractivity contribution is 7.72. The first kappa shape index (κ1) is 16.2. The zero-order valence-electron chi connectivity index (χ0n) is 12.1. The Morgan fingerprint density at radius 1 is 1.48 bits per heavy atom. The number of nitrogens with two attached hydrogens (primary N) is 1. The van der Waals surface area contributed by atoms with E-state index in [-0.39, 0.29) is 5.82 Å². The third kappa shape index (κ3) is 3.71. The molecule has 1 aliphatic heterocycles. The Kier molecular flexibility index (Phi) is 4.53. The van der Waals surface area contributed by atoms with Crippen LogP contribution in [0.4, 0.5) is 5.82 Å². The summed E-state index contributed by atoms with van der Waals surface area (Å²) in [5.41, 5.74) is 4.64. The first-order valence-corrected chi connectivity index (χ1v) is 9.65. The number of aliphatic hydroxyl groups excluding tert-OH is 2. The van der Waals surface area contributed by atoms with Gasteiger partial charge in [0.2, 0.25) is 0 Å². The molecule has 0 bridgehead atoms. The number of ether oxygens (including phenoxy) is 1. The van der Waals surface area contributed by atoms with E-state index >= 15 is 0 Å². The highest BCUT2D eigenvalue weighted by atomic mass is 31.2. The quantitative estimate of drug-likeness (QED) is 0.605. The van der Waals surface area contributed by atoms with Gasteiger partial charge in [-0.2, -0.15) is 14.8 Å². The molecule has 0 amide bonds. The summed E-state index contributed by atoms with van der Waals surface area (Å²) in [5, 5.41) is 23.9. The van der Waals surface area contributed by atoms with E-state index in [0.717, 1.165) is 10.8 Å². The van der Waals surface area contributed by atoms with Crippen molar-refractivity contribution in [3.8, 4) is 0 Å². The number of aliphatic hydroxyl groups is 2. The molecule has 1 saturated heterocycles. The van der Waals surface area contributed by atoms with E-state index in [2.05, 4.69) is 29.7 Å². The van der Waals surface area contributed by atoms with Crippen LogP contribution in [-0.2, 0) is 4.74 Å². The molecule has 1 aliphatic rings. The summed E-state index contributed by atoms with van der Waals surface area (Å²) in [4.78, 5) is 15.3. The van der Waals surface area contributed by atoms with Gasteiger partial charge in [-0.15, -0.1) is 13.2 Å². The highest BCUT2D eigenvalue weighted by Gasteiger charge is 2.44. The standard InChI is InChI=1S/C12H21N4O4P/c1-21(2,3)5-4-7-9(17)10(18)11(20-7)16-12(19)15-8(13)6-14-16/h6-7,9-11,17-18H,1,4-5H2,2-3H3,(H2,13,15,19)/t7-,9-,10-,11-/m1/s1. The lowest BCUT2D eigenvalue weighted by Gasteiger charge is -2.18. The van der Waals surface area contributed by atoms with Crippen LogP contribution in [0.5, 0.6) is 0 Å². The van der Waals surface area contributed by atoms with Gasteiger partial charge >= 0.3 is 5.69 Å². The summed E-state index contributed by atoms with van der Waals surface area (Å²) >= 11 is 0. The van der Waals surface area contributed by atoms with Crippen LogP contribution in [0.25, 0.3) is 0 Å². The topological polar surface area (TPSA) is 123 Å². The van der Waals surface area contributed by atoms with Gasteiger partial charge in [-0.05, 0) is 25.9 Å². The maximum Gasteiger partial charge on any atom is 0.368 e. The molecule has 4 atom stereocenters. The number of anilines is 1. The molecule has 0 saturated carbocycles. The van der Waals surface area contributed by atoms with Gasteiger partial charge in [-0.1, -0.05) is 0 Å². The Labute approximate surface area is 122 Å². The summed E-state index contributed by atoms with van der Waals surface area (Å²) in [6, 6.07) is 0. The zero-order valence-corrected chi connectivity index (χ0v) is 13.0. The monoisotopic (exact) mass is 316 g/mol. The summed E-state index contributed by atoms with van der Waals surface area (Å²) in [6.45, 7) is 2.91. The number of hydrogen-bond acceptors (Lipinski definition) is 7. The predicted molar refractivity (Wildman–Crippen MR) is 82.0 cm³/mol. The van der Waals surface area contributed by atoms with Crippen molar-refractivity contribution >= 4 is 19.0 Å². The number of nitrogens with zero attached hydrogens (tertiary/aromatic N) is 3. The number of nitrogen functional groups attached to an aromatic ring is 1. The molecule has 1 aromatic rings. The van der Waals surface area contributed by atoms with Crippen molar-refractivity contribution in [1.82, 2.24) is 14.8 Å². The van der Waals surface area contributed by atoms with Gasteiger partial charge in [0.15, 0.2) is 6.23 Å². The van der Waals surface area contributed by atoms with Crippen molar-refractivity contribution in [2.45, 2.75) is 31.0 Å². The molecule has 4 N–H and O–H groups in total. The molecule has 1 aromatic heterocycles. The van der Waals surface area contributed by atoms with Crippen LogP contribution in [0.3, 0.4) is 0 Å². The predicted octanol–water partition coefficient (Wildman–Crippen LogP) is -1.06. The van der Waals surface area contributed by atoms with Crippen LogP contribution >= 0.6 is 6.89 Å². The molecular weight excluding hydrogens is 295 g/mol. The van der Waals surface area contributed by atoms with Crippen LogP contribution in [0.15, 0.2) is 11.0 Å². The lowest BCUT2D eigenvalue weighted by Crippen LogP contribution is -2.37. The average Bonchev–Trinajstić information content (AvgIpc) is 2.64. The van der Waals surface area contributed by atoms with Gasteiger partial charge in [0, 0.05) is 0 Å². The molecule has 2 rings (SSSR count). The Balaban J connectivity index is 2.16. The first-order chi connectivity index (χ1) is 9.69. The fourth-order valence-corrected chi connectivity index (χ4v) is 3.14. The van der Waals surface area contributed by atoms with Crippen molar-refractivity contribution in [1.29, 1.82) is 0 Å². The Hall–Kier alpha value is -1.21. The Bertz CT molecular complexity index is 614. The van der Waals surface area contributed by atoms with E-state index in [4.69, 9.17) is 10.5 Å². The third-order valence-corrected chi connectivity index (χ3v) is 4.80. The van der Waals surface area contributed by atoms with Crippen LogP contribution in [0.2, 0.25) is 0 Å². The number of rotatable bonds is 4. The third-order valence-electron chi connectivity index (χ3n) is 3.33. The lowest BCUT2D eigenvalue weighted by atomic mass is 10.1. The molecular formula is C12H21N4O4P. The van der Waals surface area contributed by atoms with Crippen molar-refractivity contribution in [2.24, 2.45) is 0 Å². The number of aromatic nitrogens is 3. The van der Waals surface area contributed by atoms with E-state index in [1.165, 1.54) is 6.20 Å². The molecule has 0 spiro atoms. The fourth-order valence-electron chi connectivity index (χ4n) is 2.18. The molecule has 0 unspecified atom stereocenters. The van der Waals surface area contributed by atoms with Gasteiger partial charge in [0.1, 0.15) is 18.0 Å². The first-order valence-electron chi connectivity index (χ1n) is 6.59. The van der Waals surface area contributed by atoms with Crippen LogP contribution in [-0.4, -0.2) is 69.1 Å². The Morgan fingerprint density at radius 3 is 2.71 bits per heavy atom. The second kappa shape index (κ2) is 5.88. The van der Waals surface area contributed by atoms with Crippen LogP contribution in [0.1, 0.15) is 12.6 Å². The summed E-state index contributed by atoms with van der Waals surface area (Å²) in [7, 11) is 0. The van der Waals surface area contributed by atoms with E-state index in [0.29, 0.717) is 6.42 Å². The highest BCUT2D eigenvalue weighted by Crippen LogP contribution is 2.39. The number of hydrogen-bond donors (Lipinski definition) is 3. The van der Waals surface area contributed by atoms with E-state index < -0.39 is 37.1 Å². The summed E-state index contributed by atoms with van der Waals surface area (Å²) in [6.07, 6.45) is 2.74. The summed E-state index contributed by atoms with van der Waals surface area (Å²) in [5.74, 6) is -0.00978. The minimum absolute atomic E-state index is 0.00978. The molecule has 1 fully saturated rings. The van der Waals surface area contributed by atoms with Crippen LogP contribution < -0.4 is 11.4 Å². The molecule has 0 radical (unpaired) electrons. The van der Waals surface area contributed by atoms with E-state index in [1.54, 1.807) is 0 Å². The molecule has 2 heterocycles. The minimum atomic E-state index is -1.26. The lowest BCUT2D eigenvalue weighted by molar-refractivity contribution is -0.0483. The van der Waals surface area contributed by atoms with Gasteiger partial charge in [-0.25, -0.2) is 4.79 Å². The maximum atomic E-state index is 11.7. The zero-order chi connectivity index (χ0) is 15.8. The van der Waals surface area contributed by atoms with Gasteiger partial charge in [0.25, 0.3) is 0 Å². The van der Waals surface area contributed by atoms with Crippen molar-refractivity contribution in [3.05, 3.63) is 16.7 Å². The van der Waals surface area contributed by atoms with Crippen molar-refractivity contribution < 1.29 is 14.9 Å². The maximum absolute atomic E-state index is 11.7. The molecule has 118 valence electrons.